The summed E-state index contributed by atoms with van der Waals surface area (Å²) in [4.78, 5) is 25.3. The Morgan fingerprint density at radius 1 is 1.35 bits per heavy atom. The Labute approximate surface area is 154 Å². The van der Waals surface area contributed by atoms with Crippen LogP contribution < -0.4 is 5.32 Å². The smallest absolute Gasteiger partial charge is 0.330 e. The van der Waals surface area contributed by atoms with Crippen molar-refractivity contribution in [2.75, 3.05) is 13.7 Å². The van der Waals surface area contributed by atoms with Crippen molar-refractivity contribution in [3.63, 3.8) is 0 Å². The second-order valence-corrected chi connectivity index (χ2v) is 6.82. The van der Waals surface area contributed by atoms with Crippen molar-refractivity contribution < 1.29 is 19.4 Å². The molecule has 0 aliphatic heterocycles. The Balaban J connectivity index is 1.86. The molecular weight excluding hydrogens is 354 g/mol. The molecule has 26 heavy (non-hydrogen) atoms. The van der Waals surface area contributed by atoms with E-state index in [0.29, 0.717) is 11.4 Å². The van der Waals surface area contributed by atoms with Crippen LogP contribution in [-0.4, -0.2) is 46.5 Å². The van der Waals surface area contributed by atoms with E-state index in [0.717, 1.165) is 21.5 Å². The van der Waals surface area contributed by atoms with Crippen LogP contribution in [0.5, 0.6) is 0 Å². The Bertz CT molecular complexity index is 933. The van der Waals surface area contributed by atoms with Crippen molar-refractivity contribution in [1.29, 1.82) is 0 Å². The first-order valence-corrected chi connectivity index (χ1v) is 8.85. The monoisotopic (exact) mass is 373 g/mol. The largest absolute Gasteiger partial charge is 0.467 e. The number of ether oxygens (including phenoxy) is 1. The molecule has 0 aliphatic rings. The minimum atomic E-state index is -1.08. The first-order valence-electron chi connectivity index (χ1n) is 8.04. The van der Waals surface area contributed by atoms with Crippen LogP contribution in [0.3, 0.4) is 0 Å². The number of esters is 1. The van der Waals surface area contributed by atoms with Crippen molar-refractivity contribution >= 4 is 33.4 Å². The number of aliphatic hydroxyl groups is 1. The molecule has 2 aromatic heterocycles. The second kappa shape index (κ2) is 7.67. The first-order chi connectivity index (χ1) is 12.5. The highest BCUT2D eigenvalue weighted by atomic mass is 32.1. The van der Waals surface area contributed by atoms with Crippen LogP contribution in [0.25, 0.3) is 10.2 Å². The van der Waals surface area contributed by atoms with Crippen molar-refractivity contribution in [2.24, 2.45) is 0 Å². The molecule has 0 fully saturated rings. The number of amides is 1. The quantitative estimate of drug-likeness (QED) is 0.642. The molecule has 7 nitrogen and oxygen atoms in total. The molecule has 8 heteroatoms. The zero-order valence-corrected chi connectivity index (χ0v) is 15.2. The number of thiophene rings is 1. The van der Waals surface area contributed by atoms with E-state index in [2.05, 4.69) is 15.2 Å². The number of fused-ring (bicyclic) bond motifs is 1. The molecule has 1 aromatic carbocycles. The van der Waals surface area contributed by atoms with Crippen LogP contribution in [0.2, 0.25) is 0 Å². The van der Waals surface area contributed by atoms with Crippen molar-refractivity contribution in [1.82, 2.24) is 15.1 Å². The van der Waals surface area contributed by atoms with Gasteiger partial charge in [0.2, 0.25) is 0 Å². The topological polar surface area (TPSA) is 93.4 Å². The van der Waals surface area contributed by atoms with Gasteiger partial charge in [-0.05, 0) is 18.6 Å². The zero-order valence-electron chi connectivity index (χ0n) is 14.4. The lowest BCUT2D eigenvalue weighted by Gasteiger charge is -2.12. The van der Waals surface area contributed by atoms with Crippen LogP contribution in [-0.2, 0) is 16.1 Å². The van der Waals surface area contributed by atoms with Crippen LogP contribution in [0.1, 0.15) is 20.9 Å². The number of rotatable bonds is 6. The number of carbonyl (C=O) groups is 2. The maximum absolute atomic E-state index is 12.4. The summed E-state index contributed by atoms with van der Waals surface area (Å²) in [5, 5.41) is 17.2. The minimum absolute atomic E-state index is 0.429. The summed E-state index contributed by atoms with van der Waals surface area (Å²) in [6, 6.07) is 10.6. The molecule has 0 saturated carbocycles. The number of aliphatic hydroxyl groups excluding tert-OH is 1. The van der Waals surface area contributed by atoms with Gasteiger partial charge < -0.3 is 15.2 Å². The lowest BCUT2D eigenvalue weighted by atomic mass is 10.2. The predicted octanol–water partition coefficient (Wildman–Crippen LogP) is 1.72. The van der Waals surface area contributed by atoms with E-state index in [1.54, 1.807) is 6.07 Å². The van der Waals surface area contributed by atoms with E-state index in [1.807, 2.05) is 41.9 Å². The van der Waals surface area contributed by atoms with Gasteiger partial charge in [-0.3, -0.25) is 9.48 Å². The van der Waals surface area contributed by atoms with E-state index in [1.165, 1.54) is 18.4 Å². The third kappa shape index (κ3) is 3.61. The number of nitrogens with zero attached hydrogens (tertiary/aromatic N) is 2. The standard InChI is InChI=1S/C18H19N3O4S/c1-11-13-8-15(16(23)19-14(10-22)18(24)25-2)26-17(13)21(20-11)9-12-6-4-3-5-7-12/h3-8,14,22H,9-10H2,1-2H3,(H,19,23)/t14-/m1/s1. The number of methoxy groups -OCH3 is 1. The number of carbonyl (C=O) groups excluding carboxylic acids is 2. The molecule has 1 atom stereocenters. The highest BCUT2D eigenvalue weighted by Gasteiger charge is 2.23. The number of aryl methyl sites for hydroxylation is 1. The normalized spacial score (nSPS) is 12.1. The maximum atomic E-state index is 12.4. The summed E-state index contributed by atoms with van der Waals surface area (Å²) in [6.07, 6.45) is 0. The molecule has 0 radical (unpaired) electrons. The predicted molar refractivity (Wildman–Crippen MR) is 98.2 cm³/mol. The molecule has 136 valence electrons. The Hall–Kier alpha value is -2.71. The molecule has 0 spiro atoms. The average Bonchev–Trinajstić information content (AvgIpc) is 3.21. The number of hydrogen-bond acceptors (Lipinski definition) is 6. The summed E-state index contributed by atoms with van der Waals surface area (Å²) in [6.45, 7) is 1.97. The van der Waals surface area contributed by atoms with Gasteiger partial charge >= 0.3 is 5.97 Å². The van der Waals surface area contributed by atoms with E-state index < -0.39 is 24.5 Å². The summed E-state index contributed by atoms with van der Waals surface area (Å²) in [7, 11) is 1.21. The fraction of sp³-hybridized carbons (Fsp3) is 0.278. The molecule has 0 bridgehead atoms. The minimum Gasteiger partial charge on any atom is -0.467 e. The van der Waals surface area contributed by atoms with Gasteiger partial charge in [-0.15, -0.1) is 11.3 Å². The van der Waals surface area contributed by atoms with E-state index >= 15 is 0 Å². The van der Waals surface area contributed by atoms with E-state index in [-0.39, 0.29) is 0 Å². The van der Waals surface area contributed by atoms with Gasteiger partial charge in [-0.25, -0.2) is 4.79 Å². The van der Waals surface area contributed by atoms with Crippen LogP contribution in [0, 0.1) is 6.92 Å². The fourth-order valence-electron chi connectivity index (χ4n) is 2.64. The zero-order chi connectivity index (χ0) is 18.7. The van der Waals surface area contributed by atoms with Crippen LogP contribution in [0.4, 0.5) is 0 Å². The van der Waals surface area contributed by atoms with Crippen molar-refractivity contribution in [2.45, 2.75) is 19.5 Å². The molecule has 0 unspecified atom stereocenters. The number of hydrogen-bond donors (Lipinski definition) is 2. The lowest BCUT2D eigenvalue weighted by Crippen LogP contribution is -2.43. The summed E-state index contributed by atoms with van der Waals surface area (Å²) >= 11 is 1.30. The van der Waals surface area contributed by atoms with Gasteiger partial charge in [0, 0.05) is 5.39 Å². The molecule has 0 saturated heterocycles. The number of nitrogens with one attached hydrogen (secondary N) is 1. The van der Waals surface area contributed by atoms with Gasteiger partial charge in [0.05, 0.1) is 30.8 Å². The van der Waals surface area contributed by atoms with E-state index in [9.17, 15) is 14.7 Å². The van der Waals surface area contributed by atoms with E-state index in [4.69, 9.17) is 0 Å². The molecule has 2 heterocycles. The van der Waals surface area contributed by atoms with Crippen LogP contribution >= 0.6 is 11.3 Å². The summed E-state index contributed by atoms with van der Waals surface area (Å²) < 4.78 is 6.43. The fourth-order valence-corrected chi connectivity index (χ4v) is 3.70. The molecule has 3 rings (SSSR count). The number of benzene rings is 1. The number of aromatic nitrogens is 2. The third-order valence-electron chi connectivity index (χ3n) is 3.98. The van der Waals surface area contributed by atoms with Crippen molar-refractivity contribution in [3.8, 4) is 0 Å². The maximum Gasteiger partial charge on any atom is 0.330 e. The van der Waals surface area contributed by atoms with Crippen LogP contribution in [0.15, 0.2) is 36.4 Å². The van der Waals surface area contributed by atoms with Gasteiger partial charge in [-0.1, -0.05) is 30.3 Å². The van der Waals surface area contributed by atoms with Gasteiger partial charge in [0.25, 0.3) is 5.91 Å². The molecular formula is C18H19N3O4S. The SMILES string of the molecule is COC(=O)[C@@H](CO)NC(=O)c1cc2c(C)nn(Cc3ccccc3)c2s1. The Kier molecular flexibility index (Phi) is 5.34. The van der Waals surface area contributed by atoms with Gasteiger partial charge in [0.1, 0.15) is 4.83 Å². The molecule has 3 aromatic rings. The first kappa shape index (κ1) is 18.1. The third-order valence-corrected chi connectivity index (χ3v) is 5.13. The molecule has 2 N–H and O–H groups in total. The van der Waals surface area contributed by atoms with Gasteiger partial charge in [0.15, 0.2) is 6.04 Å². The molecule has 1 amide bonds. The second-order valence-electron chi connectivity index (χ2n) is 5.79. The average molecular weight is 373 g/mol. The van der Waals surface area contributed by atoms with Crippen molar-refractivity contribution in [3.05, 3.63) is 52.5 Å². The Morgan fingerprint density at radius 3 is 2.73 bits per heavy atom. The summed E-state index contributed by atoms with van der Waals surface area (Å²) in [5.74, 6) is -1.12. The molecule has 0 aliphatic carbocycles. The lowest BCUT2D eigenvalue weighted by molar-refractivity contribution is -0.143. The highest BCUT2D eigenvalue weighted by molar-refractivity contribution is 7.20. The highest BCUT2D eigenvalue weighted by Crippen LogP contribution is 2.29. The Morgan fingerprint density at radius 2 is 2.08 bits per heavy atom. The summed E-state index contributed by atoms with van der Waals surface area (Å²) in [5.41, 5.74) is 1.94. The van der Waals surface area contributed by atoms with Gasteiger partial charge in [-0.2, -0.15) is 5.10 Å².